The molecular formula is C16H18F5NOPS3+. The monoisotopic (exact) mass is 462 g/mol. The molecule has 27 heavy (non-hydrogen) atoms. The van der Waals surface area contributed by atoms with Crippen molar-refractivity contribution < 1.29 is 26.7 Å². The van der Waals surface area contributed by atoms with E-state index in [1.807, 2.05) is 6.92 Å². The Morgan fingerprint density at radius 3 is 2.19 bits per heavy atom. The molecule has 0 saturated heterocycles. The first-order valence-corrected chi connectivity index (χ1v) is 13.0. The second kappa shape index (κ2) is 9.05. The van der Waals surface area contributed by atoms with Gasteiger partial charge in [-0.2, -0.15) is 0 Å². The lowest BCUT2D eigenvalue weighted by Crippen LogP contribution is -2.52. The van der Waals surface area contributed by atoms with Crippen molar-refractivity contribution in [1.29, 1.82) is 0 Å². The predicted octanol–water partition coefficient (Wildman–Crippen LogP) is 6.03. The summed E-state index contributed by atoms with van der Waals surface area (Å²) in [6, 6.07) is 0. The molecule has 4 atom stereocenters. The van der Waals surface area contributed by atoms with Gasteiger partial charge in [-0.05, 0) is 32.1 Å². The van der Waals surface area contributed by atoms with E-state index in [0.29, 0.717) is 24.2 Å². The van der Waals surface area contributed by atoms with Gasteiger partial charge >= 0.3 is 5.10 Å². The third-order valence-corrected chi connectivity index (χ3v) is 11.3. The van der Waals surface area contributed by atoms with Crippen LogP contribution in [0.1, 0.15) is 26.2 Å². The Morgan fingerprint density at radius 2 is 1.70 bits per heavy atom. The molecule has 1 unspecified atom stereocenters. The molecule has 0 aliphatic heterocycles. The van der Waals surface area contributed by atoms with Gasteiger partial charge in [0.05, 0.1) is 6.10 Å². The average Bonchev–Trinajstić information content (AvgIpc) is 2.61. The van der Waals surface area contributed by atoms with Crippen molar-refractivity contribution in [3.05, 3.63) is 41.2 Å². The Hall–Kier alpha value is -0.250. The van der Waals surface area contributed by atoms with Crippen molar-refractivity contribution in [1.82, 2.24) is 0 Å². The van der Waals surface area contributed by atoms with E-state index in [9.17, 15) is 22.0 Å². The van der Waals surface area contributed by atoms with Crippen LogP contribution in [0.3, 0.4) is 0 Å². The summed E-state index contributed by atoms with van der Waals surface area (Å²) in [5.41, 5.74) is 7.45. The molecule has 150 valence electrons. The highest BCUT2D eigenvalue weighted by atomic mass is 33.2. The summed E-state index contributed by atoms with van der Waals surface area (Å²) in [7, 11) is 1.51. The summed E-state index contributed by atoms with van der Waals surface area (Å²) in [6.45, 7) is 5.87. The van der Waals surface area contributed by atoms with Crippen molar-refractivity contribution >= 4 is 39.7 Å². The fraction of sp³-hybridized carbons (Fsp3) is 0.500. The number of rotatable bonds is 6. The molecule has 1 fully saturated rings. The first kappa shape index (κ1) is 23.0. The maximum atomic E-state index is 13.9. The van der Waals surface area contributed by atoms with Crippen LogP contribution in [-0.4, -0.2) is 18.1 Å². The van der Waals surface area contributed by atoms with Gasteiger partial charge < -0.3 is 10.5 Å². The van der Waals surface area contributed by atoms with E-state index in [4.69, 9.17) is 22.3 Å². The number of ether oxygens (including phenoxy) is 1. The predicted molar refractivity (Wildman–Crippen MR) is 104 cm³/mol. The maximum absolute atomic E-state index is 13.9. The zero-order valence-corrected chi connectivity index (χ0v) is 17.9. The lowest BCUT2D eigenvalue weighted by molar-refractivity contribution is 0.0294. The molecule has 2 nitrogen and oxygen atoms in total. The van der Waals surface area contributed by atoms with Crippen LogP contribution in [0.2, 0.25) is 0 Å². The normalized spacial score (nSPS) is 26.1. The number of allylic oxidation sites excluding steroid dienone is 1. The molecule has 1 aromatic rings. The summed E-state index contributed by atoms with van der Waals surface area (Å²) in [4.78, 5) is -1.89. The highest BCUT2D eigenvalue weighted by Crippen LogP contribution is 2.62. The number of benzene rings is 1. The van der Waals surface area contributed by atoms with Gasteiger partial charge in [0.2, 0.25) is 5.82 Å². The highest BCUT2D eigenvalue weighted by Gasteiger charge is 2.48. The van der Waals surface area contributed by atoms with Crippen molar-refractivity contribution in [2.45, 2.75) is 42.1 Å². The maximum Gasteiger partial charge on any atom is 0.324 e. The lowest BCUT2D eigenvalue weighted by Gasteiger charge is -2.40. The van der Waals surface area contributed by atoms with Gasteiger partial charge in [0, 0.05) is 7.11 Å². The summed E-state index contributed by atoms with van der Waals surface area (Å²) >= 11 is 6.79. The van der Waals surface area contributed by atoms with Crippen LogP contribution in [0.5, 0.6) is 0 Å². The SMILES string of the molecule is C=C(C)[C@@H]1CC[C@](N)(S[P+](=S)Sc2c(F)c(F)c(F)c(F)c2F)[C@@H](OC)C1. The minimum Gasteiger partial charge on any atom is -0.378 e. The Labute approximate surface area is 168 Å². The van der Waals surface area contributed by atoms with Crippen LogP contribution < -0.4 is 5.73 Å². The molecule has 0 radical (unpaired) electrons. The molecule has 1 aliphatic carbocycles. The van der Waals surface area contributed by atoms with E-state index in [2.05, 4.69) is 6.58 Å². The quantitative estimate of drug-likeness (QED) is 0.140. The Kier molecular flexibility index (Phi) is 7.72. The summed E-state index contributed by atoms with van der Waals surface area (Å²) in [5, 5.41) is -1.70. The molecule has 0 heterocycles. The molecule has 0 bridgehead atoms. The van der Waals surface area contributed by atoms with Crippen LogP contribution in [0.4, 0.5) is 22.0 Å². The van der Waals surface area contributed by atoms with Gasteiger partial charge in [-0.3, -0.25) is 0 Å². The zero-order valence-electron chi connectivity index (χ0n) is 14.5. The van der Waals surface area contributed by atoms with Crippen molar-refractivity contribution in [3.63, 3.8) is 0 Å². The minimum atomic E-state index is -2.19. The second-order valence-electron chi connectivity index (χ2n) is 6.30. The number of hydrogen-bond acceptors (Lipinski definition) is 5. The van der Waals surface area contributed by atoms with E-state index >= 15 is 0 Å². The van der Waals surface area contributed by atoms with Crippen molar-refractivity contribution in [2.75, 3.05) is 7.11 Å². The van der Waals surface area contributed by atoms with Crippen LogP contribution in [0.15, 0.2) is 17.0 Å². The van der Waals surface area contributed by atoms with Crippen LogP contribution >= 0.6 is 27.9 Å². The standard InChI is InChI=1S/C16H18F5NOPS3/c1-7(2)8-4-5-16(22,9(6-8)23-3)27-24(25)26-15-13(20)11(18)10(17)12(19)14(15)21/h8-9H,1,4-6,22H2,2-3H3/q+1/t8-,9+,16+/m1/s1. The fourth-order valence-corrected chi connectivity index (χ4v) is 10.9. The highest BCUT2D eigenvalue weighted by molar-refractivity contribution is 8.94. The molecule has 2 rings (SSSR count). The summed E-state index contributed by atoms with van der Waals surface area (Å²) in [5.74, 6) is -9.68. The first-order chi connectivity index (χ1) is 12.5. The third kappa shape index (κ3) is 4.85. The van der Waals surface area contributed by atoms with Gasteiger partial charge in [-0.1, -0.05) is 12.2 Å². The van der Waals surface area contributed by atoms with E-state index < -0.39 is 44.0 Å². The molecule has 1 aromatic carbocycles. The Bertz CT molecular complexity index is 752. The molecule has 2 N–H and O–H groups in total. The Morgan fingerprint density at radius 1 is 1.19 bits per heavy atom. The largest absolute Gasteiger partial charge is 0.378 e. The molecule has 1 saturated carbocycles. The van der Waals surface area contributed by atoms with Gasteiger partial charge in [0.15, 0.2) is 35.1 Å². The van der Waals surface area contributed by atoms with Crippen LogP contribution in [0.25, 0.3) is 0 Å². The van der Waals surface area contributed by atoms with Crippen LogP contribution in [0, 0.1) is 35.0 Å². The number of methoxy groups -OCH3 is 1. The number of hydrogen-bond donors (Lipinski definition) is 1. The average molecular weight is 462 g/mol. The Balaban J connectivity index is 2.20. The minimum absolute atomic E-state index is 0.242. The van der Waals surface area contributed by atoms with E-state index in [1.54, 1.807) is 0 Å². The smallest absolute Gasteiger partial charge is 0.324 e. The molecule has 0 spiro atoms. The zero-order chi connectivity index (χ0) is 20.5. The topological polar surface area (TPSA) is 35.2 Å². The molecule has 11 heteroatoms. The number of nitrogens with two attached hydrogens (primary N) is 1. The molecule has 0 aromatic heterocycles. The molecule has 0 amide bonds. The van der Waals surface area contributed by atoms with Gasteiger partial charge in [-0.15, -0.1) is 0 Å². The fourth-order valence-electron chi connectivity index (χ4n) is 2.88. The van der Waals surface area contributed by atoms with Gasteiger partial charge in [0.25, 0.3) is 0 Å². The second-order valence-corrected chi connectivity index (χ2v) is 14.7. The first-order valence-electron chi connectivity index (χ1n) is 7.84. The number of halogens is 5. The molecular weight excluding hydrogens is 444 g/mol. The third-order valence-electron chi connectivity index (χ3n) is 4.49. The summed E-state index contributed by atoms with van der Waals surface area (Å²) < 4.78 is 73.1. The van der Waals surface area contributed by atoms with Gasteiger partial charge in [0.1, 0.15) is 32.5 Å². The lowest BCUT2D eigenvalue weighted by atomic mass is 9.80. The van der Waals surface area contributed by atoms with Crippen LogP contribution in [-0.2, 0) is 16.5 Å². The van der Waals surface area contributed by atoms with E-state index in [-0.39, 0.29) is 12.0 Å². The summed E-state index contributed by atoms with van der Waals surface area (Å²) in [6.07, 6.45) is 1.54. The van der Waals surface area contributed by atoms with E-state index in [0.717, 1.165) is 23.4 Å². The van der Waals surface area contributed by atoms with E-state index in [1.165, 1.54) is 7.11 Å². The van der Waals surface area contributed by atoms with Crippen molar-refractivity contribution in [2.24, 2.45) is 11.7 Å². The van der Waals surface area contributed by atoms with Gasteiger partial charge in [-0.25, -0.2) is 22.0 Å². The molecule has 1 aliphatic rings. The van der Waals surface area contributed by atoms with Crippen molar-refractivity contribution in [3.8, 4) is 0 Å².